The summed E-state index contributed by atoms with van der Waals surface area (Å²) in [5.74, 6) is -0.146. The predicted molar refractivity (Wildman–Crippen MR) is 104 cm³/mol. The number of benzene rings is 1. The van der Waals surface area contributed by atoms with Crippen LogP contribution in [0.1, 0.15) is 17.2 Å². The minimum atomic E-state index is -0.417. The first-order chi connectivity index (χ1) is 12.9. The van der Waals surface area contributed by atoms with Crippen LogP contribution in [0.5, 0.6) is 0 Å². The first-order valence-corrected chi connectivity index (χ1v) is 8.87. The molecule has 0 radical (unpaired) electrons. The minimum Gasteiger partial charge on any atom is -0.330 e. The molecular weight excluding hydrogens is 344 g/mol. The number of hydrogen-bond donors (Lipinski definition) is 0. The van der Waals surface area contributed by atoms with Gasteiger partial charge >= 0.3 is 5.69 Å². The molecule has 1 fully saturated rings. The molecular formula is C20H24N4O3. The molecule has 2 aromatic rings. The van der Waals surface area contributed by atoms with E-state index in [1.54, 1.807) is 7.05 Å². The number of carbonyl (C=O) groups is 1. The average molecular weight is 368 g/mol. The normalized spacial score (nSPS) is 18.2. The Hall–Kier alpha value is -2.93. The van der Waals surface area contributed by atoms with E-state index in [-0.39, 0.29) is 11.9 Å². The van der Waals surface area contributed by atoms with Crippen LogP contribution >= 0.6 is 0 Å². The highest BCUT2D eigenvalue weighted by Crippen LogP contribution is 2.25. The molecule has 2 heterocycles. The van der Waals surface area contributed by atoms with Crippen molar-refractivity contribution >= 4 is 12.0 Å². The highest BCUT2D eigenvalue weighted by molar-refractivity contribution is 5.92. The van der Waals surface area contributed by atoms with Crippen LogP contribution in [0.15, 0.2) is 52.2 Å². The lowest BCUT2D eigenvalue weighted by Crippen LogP contribution is -2.48. The molecule has 1 aromatic heterocycles. The van der Waals surface area contributed by atoms with Gasteiger partial charge in [0, 0.05) is 46.0 Å². The van der Waals surface area contributed by atoms with Crippen LogP contribution in [-0.2, 0) is 18.9 Å². The molecule has 27 heavy (non-hydrogen) atoms. The zero-order valence-electron chi connectivity index (χ0n) is 15.8. The predicted octanol–water partition coefficient (Wildman–Crippen LogP) is 0.613. The Kier molecular flexibility index (Phi) is 5.41. The van der Waals surface area contributed by atoms with Crippen molar-refractivity contribution in [1.29, 1.82) is 0 Å². The second-order valence-electron chi connectivity index (χ2n) is 6.90. The third-order valence-corrected chi connectivity index (χ3v) is 4.93. The van der Waals surface area contributed by atoms with E-state index in [4.69, 9.17) is 0 Å². The smallest absolute Gasteiger partial charge is 0.330 e. The fraction of sp³-hybridized carbons (Fsp3) is 0.350. The van der Waals surface area contributed by atoms with Crippen LogP contribution < -0.4 is 11.2 Å². The molecule has 142 valence electrons. The zero-order chi connectivity index (χ0) is 19.6. The second kappa shape index (κ2) is 7.75. The number of likely N-dealkylation sites (N-methyl/N-ethyl adjacent to an activating group) is 1. The molecule has 1 aromatic carbocycles. The molecule has 3 rings (SSSR count). The number of piperazine rings is 1. The van der Waals surface area contributed by atoms with Gasteiger partial charge in [-0.15, -0.1) is 0 Å². The number of aryl methyl sites for hydroxylation is 1. The number of rotatable bonds is 3. The molecule has 7 nitrogen and oxygen atoms in total. The van der Waals surface area contributed by atoms with Gasteiger partial charge in [0.15, 0.2) is 0 Å². The summed E-state index contributed by atoms with van der Waals surface area (Å²) >= 11 is 0. The molecule has 7 heteroatoms. The van der Waals surface area contributed by atoms with Crippen molar-refractivity contribution in [2.45, 2.75) is 6.04 Å². The van der Waals surface area contributed by atoms with E-state index in [0.717, 1.165) is 23.2 Å². The lowest BCUT2D eigenvalue weighted by molar-refractivity contribution is -0.130. The van der Waals surface area contributed by atoms with Crippen molar-refractivity contribution in [3.8, 4) is 0 Å². The first kappa shape index (κ1) is 18.8. The Bertz CT molecular complexity index is 975. The van der Waals surface area contributed by atoms with Crippen LogP contribution in [0.25, 0.3) is 6.08 Å². The lowest BCUT2D eigenvalue weighted by Gasteiger charge is -2.39. The average Bonchev–Trinajstić information content (AvgIpc) is 2.68. The SMILES string of the molecule is CN1CCN(C(=O)/C=C/c2cn(C)c(=O)n(C)c2=O)C(c2ccccc2)C1. The van der Waals surface area contributed by atoms with Gasteiger partial charge < -0.3 is 14.4 Å². The molecule has 1 atom stereocenters. The van der Waals surface area contributed by atoms with E-state index in [1.807, 2.05) is 42.3 Å². The fourth-order valence-corrected chi connectivity index (χ4v) is 3.35. The molecule has 0 aliphatic carbocycles. The maximum atomic E-state index is 12.9. The van der Waals surface area contributed by atoms with Crippen molar-refractivity contribution in [1.82, 2.24) is 18.9 Å². The van der Waals surface area contributed by atoms with Gasteiger partial charge in [0.2, 0.25) is 5.91 Å². The van der Waals surface area contributed by atoms with E-state index < -0.39 is 11.2 Å². The largest absolute Gasteiger partial charge is 0.330 e. The molecule has 1 amide bonds. The molecule has 1 aliphatic heterocycles. The Morgan fingerprint density at radius 3 is 2.48 bits per heavy atom. The van der Waals surface area contributed by atoms with Crippen molar-refractivity contribution in [3.63, 3.8) is 0 Å². The van der Waals surface area contributed by atoms with Gasteiger partial charge in [-0.05, 0) is 18.7 Å². The second-order valence-corrected chi connectivity index (χ2v) is 6.90. The van der Waals surface area contributed by atoms with Gasteiger partial charge in [-0.1, -0.05) is 30.3 Å². The Morgan fingerprint density at radius 1 is 1.07 bits per heavy atom. The van der Waals surface area contributed by atoms with Crippen molar-refractivity contribution < 1.29 is 4.79 Å². The van der Waals surface area contributed by atoms with Crippen LogP contribution in [-0.4, -0.2) is 51.5 Å². The summed E-state index contributed by atoms with van der Waals surface area (Å²) in [4.78, 5) is 40.9. The zero-order valence-corrected chi connectivity index (χ0v) is 15.8. The summed E-state index contributed by atoms with van der Waals surface area (Å²) in [6.07, 6.45) is 4.36. The Labute approximate surface area is 157 Å². The van der Waals surface area contributed by atoms with Crippen LogP contribution in [0, 0.1) is 0 Å². The number of hydrogen-bond acceptors (Lipinski definition) is 4. The molecule has 0 saturated carbocycles. The van der Waals surface area contributed by atoms with Gasteiger partial charge in [0.1, 0.15) is 0 Å². The van der Waals surface area contributed by atoms with Gasteiger partial charge in [0.25, 0.3) is 5.56 Å². The van der Waals surface area contributed by atoms with Crippen molar-refractivity contribution in [2.24, 2.45) is 14.1 Å². The monoisotopic (exact) mass is 368 g/mol. The highest BCUT2D eigenvalue weighted by atomic mass is 16.2. The minimum absolute atomic E-state index is 0.0370. The maximum Gasteiger partial charge on any atom is 0.330 e. The summed E-state index contributed by atoms with van der Waals surface area (Å²) in [5, 5.41) is 0. The topological polar surface area (TPSA) is 67.5 Å². The molecule has 0 bridgehead atoms. The Morgan fingerprint density at radius 2 is 1.78 bits per heavy atom. The van der Waals surface area contributed by atoms with Crippen LogP contribution in [0.3, 0.4) is 0 Å². The third kappa shape index (κ3) is 3.93. The molecule has 1 saturated heterocycles. The standard InChI is InChI=1S/C20H24N4O3/c1-21-11-12-24(17(14-21)15-7-5-4-6-8-15)18(25)10-9-16-13-22(2)20(27)23(3)19(16)26/h4-10,13,17H,11-12,14H2,1-3H3/b10-9+. The maximum absolute atomic E-state index is 12.9. The fourth-order valence-electron chi connectivity index (χ4n) is 3.35. The first-order valence-electron chi connectivity index (χ1n) is 8.87. The van der Waals surface area contributed by atoms with E-state index in [0.29, 0.717) is 12.1 Å². The van der Waals surface area contributed by atoms with E-state index in [9.17, 15) is 14.4 Å². The van der Waals surface area contributed by atoms with Gasteiger partial charge in [0.05, 0.1) is 11.6 Å². The van der Waals surface area contributed by atoms with Crippen LogP contribution in [0.2, 0.25) is 0 Å². The van der Waals surface area contributed by atoms with Gasteiger partial charge in [-0.2, -0.15) is 0 Å². The Balaban J connectivity index is 1.87. The van der Waals surface area contributed by atoms with E-state index in [2.05, 4.69) is 4.90 Å². The molecule has 0 spiro atoms. The molecule has 0 N–H and O–H groups in total. The summed E-state index contributed by atoms with van der Waals surface area (Å²) < 4.78 is 2.36. The summed E-state index contributed by atoms with van der Waals surface area (Å²) in [6, 6.07) is 9.91. The number of nitrogens with zero attached hydrogens (tertiary/aromatic N) is 4. The number of carbonyl (C=O) groups excluding carboxylic acids is 1. The molecule has 1 aliphatic rings. The number of amides is 1. The van der Waals surface area contributed by atoms with Crippen molar-refractivity contribution in [2.75, 3.05) is 26.7 Å². The van der Waals surface area contributed by atoms with Crippen molar-refractivity contribution in [3.05, 3.63) is 74.6 Å². The summed E-state index contributed by atoms with van der Waals surface area (Å²) in [7, 11) is 5.05. The van der Waals surface area contributed by atoms with E-state index in [1.165, 1.54) is 30.0 Å². The van der Waals surface area contributed by atoms with E-state index >= 15 is 0 Å². The molecule has 1 unspecified atom stereocenters. The van der Waals surface area contributed by atoms with Gasteiger partial charge in [-0.25, -0.2) is 4.79 Å². The summed E-state index contributed by atoms with van der Waals surface area (Å²) in [6.45, 7) is 2.17. The van der Waals surface area contributed by atoms with Gasteiger partial charge in [-0.3, -0.25) is 14.2 Å². The highest BCUT2D eigenvalue weighted by Gasteiger charge is 2.29. The third-order valence-electron chi connectivity index (χ3n) is 4.93. The number of aromatic nitrogens is 2. The quantitative estimate of drug-likeness (QED) is 0.745. The van der Waals surface area contributed by atoms with Crippen LogP contribution in [0.4, 0.5) is 0 Å². The lowest BCUT2D eigenvalue weighted by atomic mass is 10.0. The summed E-state index contributed by atoms with van der Waals surface area (Å²) in [5.41, 5.74) is 0.578.